The van der Waals surface area contributed by atoms with Crippen LogP contribution in [0.5, 0.6) is 0 Å². The van der Waals surface area contributed by atoms with Gasteiger partial charge in [0.15, 0.2) is 0 Å². The van der Waals surface area contributed by atoms with Gasteiger partial charge < -0.3 is 9.67 Å². The van der Waals surface area contributed by atoms with Crippen molar-refractivity contribution in [2.45, 2.75) is 24.4 Å². The van der Waals surface area contributed by atoms with Crippen molar-refractivity contribution in [3.63, 3.8) is 0 Å². The third kappa shape index (κ3) is 2.54. The maximum Gasteiger partial charge on any atom is 0.323 e. The monoisotopic (exact) mass is 354 g/mol. The van der Waals surface area contributed by atoms with Gasteiger partial charge in [-0.25, -0.2) is 8.93 Å². The fourth-order valence-electron chi connectivity index (χ4n) is 3.51. The van der Waals surface area contributed by atoms with E-state index < -0.39 is 15.7 Å². The number of carboxylic acids is 1. The summed E-state index contributed by atoms with van der Waals surface area (Å²) in [5.41, 5.74) is 3.79. The van der Waals surface area contributed by atoms with Gasteiger partial charge in [-0.1, -0.05) is 29.8 Å². The molecule has 0 saturated heterocycles. The summed E-state index contributed by atoms with van der Waals surface area (Å²) in [6.45, 7) is 1.88. The molecule has 0 radical (unpaired) electrons. The van der Waals surface area contributed by atoms with E-state index in [4.69, 9.17) is 0 Å². The SMILES string of the molecule is C=S1(=O)NC(c2cn(CC(=O)O)c3ccc(C)cc23)c2ccccc21. The van der Waals surface area contributed by atoms with Crippen LogP contribution >= 0.6 is 0 Å². The van der Waals surface area contributed by atoms with Crippen molar-refractivity contribution in [2.75, 3.05) is 0 Å². The van der Waals surface area contributed by atoms with Crippen LogP contribution in [0.2, 0.25) is 0 Å². The van der Waals surface area contributed by atoms with E-state index in [0.29, 0.717) is 4.90 Å². The first kappa shape index (κ1) is 15.9. The Morgan fingerprint density at radius 2 is 2.04 bits per heavy atom. The van der Waals surface area contributed by atoms with E-state index >= 15 is 0 Å². The van der Waals surface area contributed by atoms with Crippen LogP contribution in [0.25, 0.3) is 10.9 Å². The summed E-state index contributed by atoms with van der Waals surface area (Å²) in [5.74, 6) is 2.96. The van der Waals surface area contributed by atoms with Crippen molar-refractivity contribution >= 4 is 32.5 Å². The van der Waals surface area contributed by atoms with Gasteiger partial charge in [-0.3, -0.25) is 4.79 Å². The fourth-order valence-corrected chi connectivity index (χ4v) is 5.14. The van der Waals surface area contributed by atoms with Gasteiger partial charge >= 0.3 is 5.97 Å². The molecule has 1 aliphatic heterocycles. The summed E-state index contributed by atoms with van der Waals surface area (Å²) >= 11 is 0. The highest BCUT2D eigenvalue weighted by molar-refractivity contribution is 7.98. The smallest absolute Gasteiger partial charge is 0.323 e. The lowest BCUT2D eigenvalue weighted by molar-refractivity contribution is -0.137. The first-order valence-corrected chi connectivity index (χ1v) is 9.64. The topological polar surface area (TPSA) is 71.3 Å². The first-order valence-electron chi connectivity index (χ1n) is 7.91. The van der Waals surface area contributed by atoms with Crippen molar-refractivity contribution in [1.82, 2.24) is 9.29 Å². The van der Waals surface area contributed by atoms with Gasteiger partial charge in [0.05, 0.1) is 15.7 Å². The number of hydrogen-bond donors (Lipinski definition) is 2. The number of nitrogens with one attached hydrogen (secondary N) is 1. The number of carboxylic acid groups (broad SMARTS) is 1. The van der Waals surface area contributed by atoms with E-state index in [1.165, 1.54) is 0 Å². The quantitative estimate of drug-likeness (QED) is 0.711. The Bertz CT molecular complexity index is 1110. The minimum Gasteiger partial charge on any atom is -0.480 e. The second kappa shape index (κ2) is 5.47. The number of benzene rings is 2. The highest BCUT2D eigenvalue weighted by Gasteiger charge is 2.32. The molecule has 0 aliphatic carbocycles. The lowest BCUT2D eigenvalue weighted by atomic mass is 9.98. The molecule has 2 aromatic carbocycles. The number of aromatic nitrogens is 1. The Labute approximate surface area is 146 Å². The predicted molar refractivity (Wildman–Crippen MR) is 99.3 cm³/mol. The molecule has 0 saturated carbocycles. The van der Waals surface area contributed by atoms with Crippen molar-refractivity contribution in [3.8, 4) is 0 Å². The van der Waals surface area contributed by atoms with Crippen LogP contribution in [0.3, 0.4) is 0 Å². The summed E-state index contributed by atoms with van der Waals surface area (Å²) in [6.07, 6.45) is 1.84. The number of carbonyl (C=O) groups is 1. The van der Waals surface area contributed by atoms with Crippen LogP contribution in [0, 0.1) is 6.92 Å². The second-order valence-electron chi connectivity index (χ2n) is 6.39. The molecule has 0 bridgehead atoms. The van der Waals surface area contributed by atoms with Crippen LogP contribution in [0.4, 0.5) is 0 Å². The Hall–Kier alpha value is -2.57. The van der Waals surface area contributed by atoms with Gasteiger partial charge in [-0.05, 0) is 36.6 Å². The van der Waals surface area contributed by atoms with Crippen molar-refractivity contribution in [3.05, 3.63) is 65.4 Å². The normalized spacial score (nSPS) is 22.2. The Kier molecular flexibility index (Phi) is 3.49. The largest absolute Gasteiger partial charge is 0.480 e. The molecule has 0 fully saturated rings. The third-order valence-corrected chi connectivity index (χ3v) is 6.28. The van der Waals surface area contributed by atoms with Crippen LogP contribution in [-0.4, -0.2) is 25.7 Å². The molecule has 2 unspecified atom stereocenters. The molecule has 1 aliphatic rings. The maximum absolute atomic E-state index is 12.9. The Morgan fingerprint density at radius 1 is 1.28 bits per heavy atom. The van der Waals surface area contributed by atoms with Gasteiger partial charge in [0.25, 0.3) is 0 Å². The average molecular weight is 354 g/mol. The Morgan fingerprint density at radius 3 is 2.80 bits per heavy atom. The van der Waals surface area contributed by atoms with E-state index in [1.54, 1.807) is 4.57 Å². The van der Waals surface area contributed by atoms with Gasteiger partial charge in [-0.15, -0.1) is 0 Å². The molecule has 3 aromatic rings. The summed E-state index contributed by atoms with van der Waals surface area (Å²) in [4.78, 5) is 11.9. The highest BCUT2D eigenvalue weighted by atomic mass is 32.2. The zero-order chi connectivity index (χ0) is 17.8. The number of fused-ring (bicyclic) bond motifs is 2. The number of hydrogen-bond acceptors (Lipinski definition) is 2. The molecule has 0 spiro atoms. The molecular formula is C19H18N2O3S. The lowest BCUT2D eigenvalue weighted by Crippen LogP contribution is -2.20. The number of rotatable bonds is 3. The fraction of sp³-hybridized carbons (Fsp3) is 0.158. The summed E-state index contributed by atoms with van der Waals surface area (Å²) in [6, 6.07) is 13.2. The molecule has 5 nitrogen and oxygen atoms in total. The van der Waals surface area contributed by atoms with Crippen LogP contribution in [-0.2, 0) is 21.0 Å². The minimum absolute atomic E-state index is 0.117. The number of aliphatic carboxylic acids is 1. The number of aryl methyl sites for hydroxylation is 1. The molecule has 25 heavy (non-hydrogen) atoms. The lowest BCUT2D eigenvalue weighted by Gasteiger charge is -2.11. The molecule has 0 amide bonds. The third-order valence-electron chi connectivity index (χ3n) is 4.58. The van der Waals surface area contributed by atoms with E-state index in [9.17, 15) is 14.1 Å². The van der Waals surface area contributed by atoms with Crippen LogP contribution in [0.1, 0.15) is 22.7 Å². The van der Waals surface area contributed by atoms with Gasteiger partial charge in [0.1, 0.15) is 6.54 Å². The van der Waals surface area contributed by atoms with E-state index in [0.717, 1.165) is 27.6 Å². The van der Waals surface area contributed by atoms with E-state index in [-0.39, 0.29) is 12.6 Å². The molecule has 4 rings (SSSR count). The summed E-state index contributed by atoms with van der Waals surface area (Å²) < 4.78 is 17.7. The molecule has 2 N–H and O–H groups in total. The predicted octanol–water partition coefficient (Wildman–Crippen LogP) is 2.72. The van der Waals surface area contributed by atoms with E-state index in [1.807, 2.05) is 55.6 Å². The van der Waals surface area contributed by atoms with Gasteiger partial charge in [-0.2, -0.15) is 0 Å². The molecule has 128 valence electrons. The van der Waals surface area contributed by atoms with Crippen molar-refractivity contribution < 1.29 is 14.1 Å². The zero-order valence-electron chi connectivity index (χ0n) is 13.7. The van der Waals surface area contributed by atoms with Gasteiger partial charge in [0.2, 0.25) is 0 Å². The molecular weight excluding hydrogens is 336 g/mol. The van der Waals surface area contributed by atoms with Crippen LogP contribution < -0.4 is 4.72 Å². The van der Waals surface area contributed by atoms with Gasteiger partial charge in [0, 0.05) is 27.6 Å². The maximum atomic E-state index is 12.9. The van der Waals surface area contributed by atoms with E-state index in [2.05, 4.69) is 10.6 Å². The van der Waals surface area contributed by atoms with Crippen molar-refractivity contribution in [1.29, 1.82) is 0 Å². The zero-order valence-corrected chi connectivity index (χ0v) is 14.5. The molecule has 2 atom stereocenters. The first-order chi connectivity index (χ1) is 11.9. The summed E-state index contributed by atoms with van der Waals surface area (Å²) in [7, 11) is -2.57. The average Bonchev–Trinajstić information content (AvgIpc) is 3.02. The second-order valence-corrected chi connectivity index (χ2v) is 8.42. The number of nitrogens with zero attached hydrogens (tertiary/aromatic N) is 1. The molecule has 1 aromatic heterocycles. The molecule has 6 heteroatoms. The molecule has 2 heterocycles. The van der Waals surface area contributed by atoms with Crippen molar-refractivity contribution in [2.24, 2.45) is 0 Å². The minimum atomic E-state index is -2.57. The van der Waals surface area contributed by atoms with Crippen LogP contribution in [0.15, 0.2) is 53.6 Å². The highest BCUT2D eigenvalue weighted by Crippen LogP contribution is 2.38. The standard InChI is InChI=1S/C19H18N2O3S/c1-12-7-8-16-14(9-12)15(10-21(16)11-18(22)23)19-13-5-3-4-6-17(13)25(2,24)20-19/h3-10,19H,2,11H2,1H3,(H,20,24)(H,22,23). The summed E-state index contributed by atoms with van der Waals surface area (Å²) in [5, 5.41) is 10.2. The Balaban J connectivity index is 1.96.